The van der Waals surface area contributed by atoms with Gasteiger partial charge in [0.1, 0.15) is 0 Å². The molecule has 0 aromatic carbocycles. The number of nitrogens with one attached hydrogen (secondary N) is 1. The summed E-state index contributed by atoms with van der Waals surface area (Å²) in [4.78, 5) is 8.64. The highest BCUT2D eigenvalue weighted by Crippen LogP contribution is 2.25. The van der Waals surface area contributed by atoms with Gasteiger partial charge in [0.15, 0.2) is 11.6 Å². The highest BCUT2D eigenvalue weighted by Gasteiger charge is 2.25. The van der Waals surface area contributed by atoms with Crippen molar-refractivity contribution in [1.82, 2.24) is 15.2 Å². The van der Waals surface area contributed by atoms with Crippen LogP contribution in [-0.2, 0) is 6.54 Å². The third kappa shape index (κ3) is 3.52. The largest absolute Gasteiger partial charge is 0.354 e. The zero-order valence-electron chi connectivity index (χ0n) is 13.0. The molecule has 0 amide bonds. The molecule has 2 fully saturated rings. The Morgan fingerprint density at radius 1 is 1.29 bits per heavy atom. The van der Waals surface area contributed by atoms with Crippen molar-refractivity contribution in [2.24, 2.45) is 0 Å². The lowest BCUT2D eigenvalue weighted by Gasteiger charge is -2.36. The number of anilines is 1. The third-order valence-electron chi connectivity index (χ3n) is 4.60. The molecule has 0 atom stereocenters. The van der Waals surface area contributed by atoms with E-state index < -0.39 is 0 Å². The fourth-order valence-electron chi connectivity index (χ4n) is 2.96. The van der Waals surface area contributed by atoms with E-state index in [9.17, 15) is 4.39 Å². The van der Waals surface area contributed by atoms with E-state index in [0.29, 0.717) is 24.4 Å². The van der Waals surface area contributed by atoms with E-state index in [1.807, 2.05) is 0 Å². The maximum atomic E-state index is 14.6. The first-order valence-corrected chi connectivity index (χ1v) is 7.93. The number of hydrogen-bond donors (Lipinski definition) is 1. The molecule has 1 aromatic heterocycles. The molecule has 3 rings (SSSR count). The predicted octanol–water partition coefficient (Wildman–Crippen LogP) is 2.00. The van der Waals surface area contributed by atoms with Crippen LogP contribution in [0.1, 0.15) is 31.2 Å². The molecule has 1 saturated heterocycles. The zero-order valence-corrected chi connectivity index (χ0v) is 13.0. The van der Waals surface area contributed by atoms with Crippen LogP contribution in [0.3, 0.4) is 0 Å². The van der Waals surface area contributed by atoms with Gasteiger partial charge in [-0.05, 0) is 45.8 Å². The van der Waals surface area contributed by atoms with E-state index in [-0.39, 0.29) is 5.82 Å². The Hall–Kier alpha value is -1.20. The standard InChI is InChI=1S/C16H25FN4/c1-20(2)14-6-9-21(10-7-14)16-15(17)12(5-8-18-16)11-19-13-3-4-13/h5,8,13-14,19H,3-4,6-7,9-11H2,1-2H3. The summed E-state index contributed by atoms with van der Waals surface area (Å²) in [7, 11) is 4.23. The summed E-state index contributed by atoms with van der Waals surface area (Å²) in [5, 5.41) is 3.37. The maximum Gasteiger partial charge on any atom is 0.170 e. The highest BCUT2D eigenvalue weighted by atomic mass is 19.1. The van der Waals surface area contributed by atoms with E-state index >= 15 is 0 Å². The van der Waals surface area contributed by atoms with Crippen LogP contribution in [0.15, 0.2) is 12.3 Å². The van der Waals surface area contributed by atoms with Gasteiger partial charge in [0, 0.05) is 43.5 Å². The lowest BCUT2D eigenvalue weighted by molar-refractivity contribution is 0.249. The molecule has 1 N–H and O–H groups in total. The van der Waals surface area contributed by atoms with E-state index in [4.69, 9.17) is 0 Å². The highest BCUT2D eigenvalue weighted by molar-refractivity contribution is 5.43. The van der Waals surface area contributed by atoms with Crippen molar-refractivity contribution in [2.75, 3.05) is 32.1 Å². The first-order chi connectivity index (χ1) is 10.1. The molecule has 116 valence electrons. The normalized spacial score (nSPS) is 20.3. The summed E-state index contributed by atoms with van der Waals surface area (Å²) >= 11 is 0. The molecule has 0 bridgehead atoms. The Balaban J connectivity index is 1.66. The first-order valence-electron chi connectivity index (χ1n) is 7.93. The Morgan fingerprint density at radius 3 is 2.62 bits per heavy atom. The first kappa shape index (κ1) is 14.7. The molecular formula is C16H25FN4. The minimum Gasteiger partial charge on any atom is -0.354 e. The SMILES string of the molecule is CN(C)C1CCN(c2nccc(CNC3CC3)c2F)CC1. The van der Waals surface area contributed by atoms with Crippen LogP contribution in [0.4, 0.5) is 10.2 Å². The average molecular weight is 292 g/mol. The minimum absolute atomic E-state index is 0.144. The minimum atomic E-state index is -0.144. The second-order valence-electron chi connectivity index (χ2n) is 6.44. The van der Waals surface area contributed by atoms with Crippen molar-refractivity contribution in [3.05, 3.63) is 23.6 Å². The molecule has 1 aromatic rings. The van der Waals surface area contributed by atoms with Gasteiger partial charge in [-0.15, -0.1) is 0 Å². The summed E-state index contributed by atoms with van der Waals surface area (Å²) in [6.07, 6.45) is 6.31. The number of nitrogens with zero attached hydrogens (tertiary/aromatic N) is 3. The number of halogens is 1. The van der Waals surface area contributed by atoms with Gasteiger partial charge in [-0.1, -0.05) is 0 Å². The summed E-state index contributed by atoms with van der Waals surface area (Å²) in [6, 6.07) is 2.99. The fourth-order valence-corrected chi connectivity index (χ4v) is 2.96. The van der Waals surface area contributed by atoms with Crippen LogP contribution >= 0.6 is 0 Å². The van der Waals surface area contributed by atoms with Crippen LogP contribution in [-0.4, -0.2) is 49.2 Å². The quantitative estimate of drug-likeness (QED) is 0.899. The monoisotopic (exact) mass is 292 g/mol. The van der Waals surface area contributed by atoms with Gasteiger partial charge >= 0.3 is 0 Å². The number of hydrogen-bond acceptors (Lipinski definition) is 4. The Morgan fingerprint density at radius 2 is 2.00 bits per heavy atom. The molecule has 21 heavy (non-hydrogen) atoms. The summed E-state index contributed by atoms with van der Waals surface area (Å²) in [5.41, 5.74) is 0.738. The Bertz CT molecular complexity index is 479. The number of piperidine rings is 1. The number of pyridine rings is 1. The summed E-state index contributed by atoms with van der Waals surface area (Å²) in [6.45, 7) is 2.37. The van der Waals surface area contributed by atoms with Crippen molar-refractivity contribution < 1.29 is 4.39 Å². The lowest BCUT2D eigenvalue weighted by atomic mass is 10.0. The molecule has 0 radical (unpaired) electrons. The third-order valence-corrected chi connectivity index (χ3v) is 4.60. The topological polar surface area (TPSA) is 31.4 Å². The van der Waals surface area contributed by atoms with Crippen LogP contribution < -0.4 is 10.2 Å². The van der Waals surface area contributed by atoms with Crippen LogP contribution in [0, 0.1) is 5.82 Å². The fraction of sp³-hybridized carbons (Fsp3) is 0.688. The average Bonchev–Trinajstić information content (AvgIpc) is 3.30. The molecule has 0 spiro atoms. The van der Waals surface area contributed by atoms with Crippen molar-refractivity contribution in [3.63, 3.8) is 0 Å². The molecule has 1 aliphatic heterocycles. The van der Waals surface area contributed by atoms with Crippen LogP contribution in [0.2, 0.25) is 0 Å². The maximum absolute atomic E-state index is 14.6. The second kappa shape index (κ2) is 6.28. The van der Waals surface area contributed by atoms with E-state index in [1.165, 1.54) is 12.8 Å². The van der Waals surface area contributed by atoms with Gasteiger partial charge in [-0.3, -0.25) is 0 Å². The molecule has 0 unspecified atom stereocenters. The van der Waals surface area contributed by atoms with Crippen molar-refractivity contribution in [2.45, 2.75) is 44.3 Å². The molecule has 4 nitrogen and oxygen atoms in total. The molecule has 5 heteroatoms. The lowest BCUT2D eigenvalue weighted by Crippen LogP contribution is -2.42. The van der Waals surface area contributed by atoms with Crippen LogP contribution in [0.25, 0.3) is 0 Å². The van der Waals surface area contributed by atoms with Crippen molar-refractivity contribution in [1.29, 1.82) is 0 Å². The van der Waals surface area contributed by atoms with E-state index in [1.54, 1.807) is 12.3 Å². The van der Waals surface area contributed by atoms with Gasteiger partial charge in [0.2, 0.25) is 0 Å². The van der Waals surface area contributed by atoms with Gasteiger partial charge in [-0.2, -0.15) is 0 Å². The smallest absolute Gasteiger partial charge is 0.170 e. The van der Waals surface area contributed by atoms with Crippen molar-refractivity contribution >= 4 is 5.82 Å². The van der Waals surface area contributed by atoms with E-state index in [0.717, 1.165) is 31.5 Å². The van der Waals surface area contributed by atoms with Gasteiger partial charge in [0.05, 0.1) is 0 Å². The number of rotatable bonds is 5. The summed E-state index contributed by atoms with van der Waals surface area (Å²) < 4.78 is 14.6. The molecule has 1 aliphatic carbocycles. The molecule has 2 aliphatic rings. The van der Waals surface area contributed by atoms with Crippen LogP contribution in [0.5, 0.6) is 0 Å². The second-order valence-corrected chi connectivity index (χ2v) is 6.44. The zero-order chi connectivity index (χ0) is 14.8. The summed E-state index contributed by atoms with van der Waals surface area (Å²) in [5.74, 6) is 0.385. The van der Waals surface area contributed by atoms with Crippen molar-refractivity contribution in [3.8, 4) is 0 Å². The van der Waals surface area contributed by atoms with Gasteiger partial charge < -0.3 is 15.1 Å². The predicted molar refractivity (Wildman–Crippen MR) is 83.0 cm³/mol. The van der Waals surface area contributed by atoms with Gasteiger partial charge in [-0.25, -0.2) is 9.37 Å². The molecule has 1 saturated carbocycles. The Labute approximate surface area is 126 Å². The van der Waals surface area contributed by atoms with E-state index in [2.05, 4.69) is 34.2 Å². The Kier molecular flexibility index (Phi) is 4.40. The van der Waals surface area contributed by atoms with Gasteiger partial charge in [0.25, 0.3) is 0 Å². The number of aromatic nitrogens is 1. The molecular weight excluding hydrogens is 267 g/mol. The molecule has 2 heterocycles.